The number of nitrogens with zero attached hydrogens (tertiary/aromatic N) is 3. The normalized spacial score (nSPS) is 18.2. The van der Waals surface area contributed by atoms with Gasteiger partial charge in [0.05, 0.1) is 31.9 Å². The van der Waals surface area contributed by atoms with Crippen molar-refractivity contribution < 1.29 is 18.8 Å². The molecule has 33 heavy (non-hydrogen) atoms. The van der Waals surface area contributed by atoms with E-state index in [2.05, 4.69) is 35.7 Å². The molecule has 2 heterocycles. The standard InChI is InChI=1S/C26H46N3O3S/c1-4-6-8-10-11-12-13-14-18-24(30)32-22-29(3)19-16-17-23(21-29)25-26(28-33-27-25)31-20-15-9-7-5-2/h17H,4-16,18-22H2,1-3H3/q+1. The van der Waals surface area contributed by atoms with Crippen LogP contribution >= 0.6 is 11.7 Å². The first-order valence-electron chi connectivity index (χ1n) is 13.2. The minimum atomic E-state index is -0.0668. The zero-order valence-electron chi connectivity index (χ0n) is 21.3. The summed E-state index contributed by atoms with van der Waals surface area (Å²) in [6, 6.07) is 0. The maximum absolute atomic E-state index is 12.3. The molecule has 0 aromatic carbocycles. The molecule has 1 atom stereocenters. The van der Waals surface area contributed by atoms with Gasteiger partial charge in [-0.05, 0) is 12.8 Å². The Morgan fingerprint density at radius 3 is 2.36 bits per heavy atom. The fourth-order valence-corrected chi connectivity index (χ4v) is 4.79. The smallest absolute Gasteiger partial charge is 0.310 e. The van der Waals surface area contributed by atoms with Crippen LogP contribution in [0.4, 0.5) is 0 Å². The lowest BCUT2D eigenvalue weighted by Gasteiger charge is -2.36. The SMILES string of the molecule is CCCCCCCCCCC(=O)OC[N+]1(C)CCC=C(c2nsnc2OCCCCCC)C1. The van der Waals surface area contributed by atoms with Crippen molar-refractivity contribution in [2.45, 2.75) is 104 Å². The van der Waals surface area contributed by atoms with Crippen LogP contribution in [0.15, 0.2) is 6.08 Å². The van der Waals surface area contributed by atoms with Crippen LogP contribution in [0, 0.1) is 0 Å². The van der Waals surface area contributed by atoms with Crippen LogP contribution in [0.25, 0.3) is 5.57 Å². The number of unbranched alkanes of at least 4 members (excludes halogenated alkanes) is 10. The molecule has 0 saturated heterocycles. The van der Waals surface area contributed by atoms with Gasteiger partial charge in [-0.1, -0.05) is 84.1 Å². The molecule has 0 amide bonds. The Balaban J connectivity index is 1.69. The number of esters is 1. The molecule has 0 saturated carbocycles. The number of quaternary nitrogens is 1. The lowest BCUT2D eigenvalue weighted by atomic mass is 10.1. The highest BCUT2D eigenvalue weighted by atomic mass is 32.1. The van der Waals surface area contributed by atoms with E-state index in [0.717, 1.165) is 50.0 Å². The number of ether oxygens (including phenoxy) is 2. The maximum Gasteiger partial charge on any atom is 0.310 e. The van der Waals surface area contributed by atoms with Crippen LogP contribution in [0.3, 0.4) is 0 Å². The molecule has 1 aromatic heterocycles. The minimum absolute atomic E-state index is 0.0668. The van der Waals surface area contributed by atoms with Crippen LogP contribution in [-0.4, -0.2) is 52.7 Å². The Labute approximate surface area is 205 Å². The molecule has 2 rings (SSSR count). The summed E-state index contributed by atoms with van der Waals surface area (Å²) in [5.74, 6) is 0.589. The molecule has 0 bridgehead atoms. The van der Waals surface area contributed by atoms with E-state index in [-0.39, 0.29) is 5.97 Å². The Kier molecular flexibility index (Phi) is 13.6. The molecule has 0 N–H and O–H groups in total. The highest BCUT2D eigenvalue weighted by molar-refractivity contribution is 6.99. The van der Waals surface area contributed by atoms with E-state index >= 15 is 0 Å². The van der Waals surface area contributed by atoms with E-state index in [0.29, 0.717) is 30.1 Å². The zero-order chi connectivity index (χ0) is 23.8. The summed E-state index contributed by atoms with van der Waals surface area (Å²) < 4.78 is 21.2. The number of carbonyl (C=O) groups excluding carboxylic acids is 1. The van der Waals surface area contributed by atoms with E-state index in [1.165, 1.54) is 69.5 Å². The molecule has 1 unspecified atom stereocenters. The number of carbonyl (C=O) groups is 1. The second-order valence-corrected chi connectivity index (χ2v) is 10.2. The first-order chi connectivity index (χ1) is 16.1. The number of rotatable bonds is 18. The van der Waals surface area contributed by atoms with E-state index in [1.54, 1.807) is 0 Å². The number of aromatic nitrogens is 2. The lowest BCUT2D eigenvalue weighted by Crippen LogP contribution is -2.49. The molecule has 1 aliphatic heterocycles. The van der Waals surface area contributed by atoms with Gasteiger partial charge in [-0.25, -0.2) is 0 Å². The van der Waals surface area contributed by atoms with Crippen LogP contribution in [0.5, 0.6) is 5.88 Å². The fourth-order valence-electron chi connectivity index (χ4n) is 4.26. The Morgan fingerprint density at radius 2 is 1.64 bits per heavy atom. The number of hydrogen-bond acceptors (Lipinski definition) is 6. The van der Waals surface area contributed by atoms with Crippen molar-refractivity contribution in [1.29, 1.82) is 0 Å². The van der Waals surface area contributed by atoms with Crippen molar-refractivity contribution >= 4 is 23.3 Å². The van der Waals surface area contributed by atoms with Gasteiger partial charge in [0.25, 0.3) is 5.88 Å². The Hall–Kier alpha value is -1.47. The summed E-state index contributed by atoms with van der Waals surface area (Å²) >= 11 is 1.21. The van der Waals surface area contributed by atoms with Gasteiger partial charge in [-0.15, -0.1) is 4.37 Å². The third kappa shape index (κ3) is 11.0. The van der Waals surface area contributed by atoms with Crippen LogP contribution < -0.4 is 4.74 Å². The van der Waals surface area contributed by atoms with Gasteiger partial charge in [0, 0.05) is 18.4 Å². The summed E-state index contributed by atoms with van der Waals surface area (Å²) in [5.41, 5.74) is 2.02. The molecule has 0 aliphatic carbocycles. The minimum Gasteiger partial charge on any atom is -0.475 e. The molecule has 0 radical (unpaired) electrons. The quantitative estimate of drug-likeness (QED) is 0.132. The maximum atomic E-state index is 12.3. The predicted octanol–water partition coefficient (Wildman–Crippen LogP) is 6.76. The van der Waals surface area contributed by atoms with E-state index in [9.17, 15) is 4.79 Å². The van der Waals surface area contributed by atoms with Crippen molar-refractivity contribution in [1.82, 2.24) is 8.75 Å². The average Bonchev–Trinajstić information content (AvgIpc) is 3.28. The third-order valence-electron chi connectivity index (χ3n) is 6.38. The summed E-state index contributed by atoms with van der Waals surface area (Å²) in [5, 5.41) is 0. The van der Waals surface area contributed by atoms with Crippen molar-refractivity contribution in [3.05, 3.63) is 11.8 Å². The third-order valence-corrected chi connectivity index (χ3v) is 6.89. The highest BCUT2D eigenvalue weighted by Gasteiger charge is 2.31. The van der Waals surface area contributed by atoms with Crippen LogP contribution in [0.2, 0.25) is 0 Å². The summed E-state index contributed by atoms with van der Waals surface area (Å²) in [6.07, 6.45) is 18.3. The second kappa shape index (κ2) is 16.2. The second-order valence-electron chi connectivity index (χ2n) is 9.72. The van der Waals surface area contributed by atoms with Gasteiger partial charge in [-0.2, -0.15) is 4.37 Å². The monoisotopic (exact) mass is 480 g/mol. The van der Waals surface area contributed by atoms with Gasteiger partial charge < -0.3 is 9.47 Å². The van der Waals surface area contributed by atoms with Gasteiger partial charge in [-0.3, -0.25) is 9.28 Å². The molecule has 0 fully saturated rings. The first-order valence-corrected chi connectivity index (χ1v) is 13.9. The molecule has 7 heteroatoms. The number of hydrogen-bond donors (Lipinski definition) is 0. The molecule has 1 aliphatic rings. The number of likely N-dealkylation sites (N-methyl/N-ethyl adjacent to an activating group) is 1. The molecule has 1 aromatic rings. The summed E-state index contributed by atoms with van der Waals surface area (Å²) in [7, 11) is 2.15. The Bertz CT molecular complexity index is 707. The molecular weight excluding hydrogens is 434 g/mol. The van der Waals surface area contributed by atoms with Crippen LogP contribution in [-0.2, 0) is 9.53 Å². The van der Waals surface area contributed by atoms with Gasteiger partial charge in [0.1, 0.15) is 12.2 Å². The van der Waals surface area contributed by atoms with Gasteiger partial charge >= 0.3 is 5.97 Å². The van der Waals surface area contributed by atoms with Crippen LogP contribution in [0.1, 0.15) is 109 Å². The van der Waals surface area contributed by atoms with Crippen molar-refractivity contribution in [3.63, 3.8) is 0 Å². The van der Waals surface area contributed by atoms with E-state index in [4.69, 9.17) is 9.47 Å². The molecule has 0 spiro atoms. The van der Waals surface area contributed by atoms with Crippen molar-refractivity contribution in [3.8, 4) is 5.88 Å². The van der Waals surface area contributed by atoms with E-state index in [1.807, 2.05) is 0 Å². The molecular formula is C26H46N3O3S+. The molecule has 188 valence electrons. The first kappa shape index (κ1) is 27.8. The molecule has 6 nitrogen and oxygen atoms in total. The lowest BCUT2D eigenvalue weighted by molar-refractivity contribution is -0.919. The fraction of sp³-hybridized carbons (Fsp3) is 0.808. The summed E-state index contributed by atoms with van der Waals surface area (Å²) in [6.45, 7) is 7.30. The largest absolute Gasteiger partial charge is 0.475 e. The van der Waals surface area contributed by atoms with E-state index < -0.39 is 0 Å². The average molecular weight is 481 g/mol. The topological polar surface area (TPSA) is 61.3 Å². The Morgan fingerprint density at radius 1 is 0.970 bits per heavy atom. The van der Waals surface area contributed by atoms with Gasteiger partial charge in [0.2, 0.25) is 6.73 Å². The van der Waals surface area contributed by atoms with Crippen molar-refractivity contribution in [2.75, 3.05) is 33.5 Å². The van der Waals surface area contributed by atoms with Gasteiger partial charge in [0.15, 0.2) is 0 Å². The predicted molar refractivity (Wildman–Crippen MR) is 136 cm³/mol. The highest BCUT2D eigenvalue weighted by Crippen LogP contribution is 2.30. The van der Waals surface area contributed by atoms with Crippen molar-refractivity contribution in [2.24, 2.45) is 0 Å². The summed E-state index contributed by atoms with van der Waals surface area (Å²) in [4.78, 5) is 12.3. The zero-order valence-corrected chi connectivity index (χ0v) is 22.1.